The Kier molecular flexibility index (Phi) is 3.98. The van der Waals surface area contributed by atoms with Crippen LogP contribution in [0.2, 0.25) is 0 Å². The zero-order chi connectivity index (χ0) is 15.7. The van der Waals surface area contributed by atoms with Crippen LogP contribution in [0, 0.1) is 17.7 Å². The van der Waals surface area contributed by atoms with Crippen LogP contribution in [0.25, 0.3) is 0 Å². The molecule has 22 heavy (non-hydrogen) atoms. The molecule has 1 aromatic rings. The van der Waals surface area contributed by atoms with Crippen LogP contribution in [0.5, 0.6) is 0 Å². The fourth-order valence-electron chi connectivity index (χ4n) is 2.90. The van der Waals surface area contributed by atoms with Crippen molar-refractivity contribution in [2.75, 3.05) is 24.3 Å². The molecule has 2 fully saturated rings. The van der Waals surface area contributed by atoms with Crippen molar-refractivity contribution in [3.05, 3.63) is 24.0 Å². The number of halogens is 1. The summed E-state index contributed by atoms with van der Waals surface area (Å²) in [5.74, 6) is -0.500. The maximum atomic E-state index is 13.6. The van der Waals surface area contributed by atoms with Crippen LogP contribution in [-0.2, 0) is 9.53 Å². The molecule has 0 aromatic heterocycles. The molecule has 118 valence electrons. The first-order chi connectivity index (χ1) is 10.6. The van der Waals surface area contributed by atoms with Crippen molar-refractivity contribution in [3.8, 4) is 0 Å². The fourth-order valence-corrected chi connectivity index (χ4v) is 2.90. The van der Waals surface area contributed by atoms with Gasteiger partial charge in [-0.15, -0.1) is 0 Å². The Morgan fingerprint density at radius 1 is 1.32 bits per heavy atom. The summed E-state index contributed by atoms with van der Waals surface area (Å²) >= 11 is 0. The number of amides is 3. The van der Waals surface area contributed by atoms with E-state index in [0.29, 0.717) is 18.2 Å². The van der Waals surface area contributed by atoms with Crippen molar-refractivity contribution in [1.82, 2.24) is 5.32 Å². The highest BCUT2D eigenvalue weighted by molar-refractivity contribution is 5.96. The second-order valence-corrected chi connectivity index (χ2v) is 5.56. The third-order valence-electron chi connectivity index (χ3n) is 4.10. The smallest absolute Gasteiger partial charge is 0.319 e. The molecule has 3 atom stereocenters. The molecule has 0 radical (unpaired) electrons. The van der Waals surface area contributed by atoms with Gasteiger partial charge in [-0.3, -0.25) is 4.79 Å². The minimum Gasteiger partial charge on any atom is -0.377 e. The zero-order valence-electron chi connectivity index (χ0n) is 12.2. The molecule has 6 nitrogen and oxygen atoms in total. The van der Waals surface area contributed by atoms with Crippen molar-refractivity contribution in [3.63, 3.8) is 0 Å². The lowest BCUT2D eigenvalue weighted by Crippen LogP contribution is -2.25. The maximum Gasteiger partial charge on any atom is 0.319 e. The van der Waals surface area contributed by atoms with Gasteiger partial charge >= 0.3 is 6.03 Å². The van der Waals surface area contributed by atoms with E-state index in [9.17, 15) is 14.0 Å². The highest BCUT2D eigenvalue weighted by atomic mass is 19.1. The lowest BCUT2D eigenvalue weighted by molar-refractivity contribution is -0.118. The van der Waals surface area contributed by atoms with E-state index in [-0.39, 0.29) is 23.6 Å². The van der Waals surface area contributed by atoms with Crippen LogP contribution in [0.3, 0.4) is 0 Å². The summed E-state index contributed by atoms with van der Waals surface area (Å²) in [6, 6.07) is 3.55. The van der Waals surface area contributed by atoms with Gasteiger partial charge in [0, 0.05) is 25.3 Å². The van der Waals surface area contributed by atoms with Crippen molar-refractivity contribution in [1.29, 1.82) is 0 Å². The van der Waals surface area contributed by atoms with Gasteiger partial charge in [0.25, 0.3) is 0 Å². The highest BCUT2D eigenvalue weighted by Crippen LogP contribution is 2.48. The number of hydrogen-bond donors (Lipinski definition) is 3. The average Bonchev–Trinajstić information content (AvgIpc) is 3.25. The van der Waals surface area contributed by atoms with Crippen molar-refractivity contribution >= 4 is 23.3 Å². The Hall–Kier alpha value is -2.15. The molecule has 3 amide bonds. The molecular formula is C15H18FN3O3. The quantitative estimate of drug-likeness (QED) is 0.798. The predicted octanol–water partition coefficient (Wildman–Crippen LogP) is 1.94. The molecule has 3 rings (SSSR count). The van der Waals surface area contributed by atoms with E-state index >= 15 is 0 Å². The van der Waals surface area contributed by atoms with Crippen molar-refractivity contribution < 1.29 is 18.7 Å². The second kappa shape index (κ2) is 5.92. The lowest BCUT2D eigenvalue weighted by Gasteiger charge is -2.09. The number of carbonyl (C=O) groups is 2. The first kappa shape index (κ1) is 14.8. The summed E-state index contributed by atoms with van der Waals surface area (Å²) in [4.78, 5) is 23.5. The van der Waals surface area contributed by atoms with Gasteiger partial charge in [-0.05, 0) is 31.0 Å². The molecular weight excluding hydrogens is 289 g/mol. The van der Waals surface area contributed by atoms with Crippen molar-refractivity contribution in [2.45, 2.75) is 18.9 Å². The molecule has 1 heterocycles. The van der Waals surface area contributed by atoms with Gasteiger partial charge in [-0.25, -0.2) is 9.18 Å². The number of hydrogen-bond acceptors (Lipinski definition) is 3. The maximum absolute atomic E-state index is 13.6. The van der Waals surface area contributed by atoms with Gasteiger partial charge in [0.2, 0.25) is 5.91 Å². The first-order valence-electron chi connectivity index (χ1n) is 7.31. The van der Waals surface area contributed by atoms with Crippen LogP contribution in [0.4, 0.5) is 20.6 Å². The van der Waals surface area contributed by atoms with E-state index in [0.717, 1.165) is 12.8 Å². The zero-order valence-corrected chi connectivity index (χ0v) is 12.2. The normalized spacial score (nSPS) is 25.8. The first-order valence-corrected chi connectivity index (χ1v) is 7.31. The summed E-state index contributed by atoms with van der Waals surface area (Å²) in [6.45, 7) is 0.710. The third-order valence-corrected chi connectivity index (χ3v) is 4.10. The summed E-state index contributed by atoms with van der Waals surface area (Å²) in [5.41, 5.74) is 0.461. The Labute approximate surface area is 127 Å². The third kappa shape index (κ3) is 2.89. The average molecular weight is 307 g/mol. The molecule has 3 N–H and O–H groups in total. The molecule has 2 aliphatic rings. The minimum atomic E-state index is -0.565. The summed E-state index contributed by atoms with van der Waals surface area (Å²) < 4.78 is 19.2. The molecule has 1 aliphatic carbocycles. The monoisotopic (exact) mass is 307 g/mol. The summed E-state index contributed by atoms with van der Waals surface area (Å²) in [6.07, 6.45) is 2.02. The number of nitrogens with one attached hydrogen (secondary N) is 3. The molecule has 1 saturated carbocycles. The van der Waals surface area contributed by atoms with Gasteiger partial charge < -0.3 is 20.7 Å². The number of anilines is 2. The second-order valence-electron chi connectivity index (χ2n) is 5.56. The number of ether oxygens (including phenoxy) is 1. The van der Waals surface area contributed by atoms with Crippen LogP contribution in [0.15, 0.2) is 18.2 Å². The predicted molar refractivity (Wildman–Crippen MR) is 79.1 cm³/mol. The minimum absolute atomic E-state index is 0.0154. The number of benzene rings is 1. The standard InChI is InChI=1S/C15H18FN3O3/c1-17-15(21)19-11-7-8(4-5-10(11)16)18-14(20)12-9-3-2-6-22-13(9)12/h4-5,7,9,12-13H,2-3,6H2,1H3,(H,18,20)(H2,17,19,21). The fraction of sp³-hybridized carbons (Fsp3) is 0.467. The van der Waals surface area contributed by atoms with Gasteiger partial charge in [0.05, 0.1) is 17.7 Å². The SMILES string of the molecule is CNC(=O)Nc1cc(NC(=O)C2C3CCCOC32)ccc1F. The largest absolute Gasteiger partial charge is 0.377 e. The van der Waals surface area contributed by atoms with Gasteiger partial charge in [-0.2, -0.15) is 0 Å². The van der Waals surface area contributed by atoms with Crippen LogP contribution in [0.1, 0.15) is 12.8 Å². The summed E-state index contributed by atoms with van der Waals surface area (Å²) in [5, 5.41) is 7.47. The Bertz CT molecular complexity index is 596. The molecule has 0 spiro atoms. The molecule has 3 unspecified atom stereocenters. The van der Waals surface area contributed by atoms with Crippen LogP contribution in [-0.4, -0.2) is 31.7 Å². The molecule has 1 aromatic carbocycles. The number of urea groups is 1. The molecule has 1 aliphatic heterocycles. The molecule has 7 heteroatoms. The Balaban J connectivity index is 1.66. The number of fused-ring (bicyclic) bond motifs is 1. The Morgan fingerprint density at radius 3 is 2.82 bits per heavy atom. The lowest BCUT2D eigenvalue weighted by atomic mass is 10.1. The van der Waals surface area contributed by atoms with E-state index in [1.165, 1.54) is 25.2 Å². The van der Waals surface area contributed by atoms with Gasteiger partial charge in [0.1, 0.15) is 5.82 Å². The molecule has 0 bridgehead atoms. The van der Waals surface area contributed by atoms with E-state index in [4.69, 9.17) is 4.74 Å². The van der Waals surface area contributed by atoms with E-state index in [2.05, 4.69) is 16.0 Å². The van der Waals surface area contributed by atoms with Crippen LogP contribution >= 0.6 is 0 Å². The van der Waals surface area contributed by atoms with Crippen molar-refractivity contribution in [2.24, 2.45) is 11.8 Å². The van der Waals surface area contributed by atoms with E-state index < -0.39 is 11.8 Å². The van der Waals surface area contributed by atoms with Gasteiger partial charge in [0.15, 0.2) is 0 Å². The number of rotatable bonds is 3. The van der Waals surface area contributed by atoms with Gasteiger partial charge in [-0.1, -0.05) is 0 Å². The summed E-state index contributed by atoms with van der Waals surface area (Å²) in [7, 11) is 1.44. The van der Waals surface area contributed by atoms with E-state index in [1.807, 2.05) is 0 Å². The topological polar surface area (TPSA) is 79.5 Å². The Morgan fingerprint density at radius 2 is 2.14 bits per heavy atom. The van der Waals surface area contributed by atoms with E-state index in [1.54, 1.807) is 0 Å². The highest BCUT2D eigenvalue weighted by Gasteiger charge is 2.56. The molecule has 1 saturated heterocycles. The number of carbonyl (C=O) groups excluding carboxylic acids is 2. The van der Waals surface area contributed by atoms with Crippen LogP contribution < -0.4 is 16.0 Å².